The molecule has 0 aromatic heterocycles. The van der Waals surface area contributed by atoms with Gasteiger partial charge < -0.3 is 24.5 Å². The van der Waals surface area contributed by atoms with Gasteiger partial charge in [-0.3, -0.25) is 0 Å². The van der Waals surface area contributed by atoms with Crippen LogP contribution in [0.25, 0.3) is 5.70 Å². The summed E-state index contributed by atoms with van der Waals surface area (Å²) in [5.41, 5.74) is 7.97. The second-order valence-corrected chi connectivity index (χ2v) is 9.58. The monoisotopic (exact) mass is 470 g/mol. The molecule has 1 unspecified atom stereocenters. The molecule has 1 atom stereocenters. The summed E-state index contributed by atoms with van der Waals surface area (Å²) in [6.07, 6.45) is 4.16. The van der Waals surface area contributed by atoms with Gasteiger partial charge in [0.2, 0.25) is 0 Å². The first-order chi connectivity index (χ1) is 17.2. The first-order valence-electron chi connectivity index (χ1n) is 12.3. The van der Waals surface area contributed by atoms with Crippen molar-refractivity contribution in [2.24, 2.45) is 0 Å². The van der Waals surface area contributed by atoms with Crippen molar-refractivity contribution in [1.29, 1.82) is 0 Å². The highest BCUT2D eigenvalue weighted by molar-refractivity contribution is 5.69. The number of hydrazine groups is 1. The molecule has 0 saturated carbocycles. The molecule has 1 spiro atoms. The van der Waals surface area contributed by atoms with E-state index in [4.69, 9.17) is 14.2 Å². The molecule has 1 saturated heterocycles. The number of quaternary nitrogens is 1. The molecule has 3 heterocycles. The summed E-state index contributed by atoms with van der Waals surface area (Å²) in [4.78, 5) is 1.59. The summed E-state index contributed by atoms with van der Waals surface area (Å²) < 4.78 is 18.1. The van der Waals surface area contributed by atoms with E-state index in [2.05, 4.69) is 65.0 Å². The zero-order valence-corrected chi connectivity index (χ0v) is 20.3. The molecule has 6 rings (SSSR count). The molecule has 3 aliphatic rings. The molecule has 3 aliphatic heterocycles. The highest BCUT2D eigenvalue weighted by Crippen LogP contribution is 2.50. The van der Waals surface area contributed by atoms with Crippen LogP contribution in [0.4, 0.5) is 0 Å². The second-order valence-electron chi connectivity index (χ2n) is 9.58. The van der Waals surface area contributed by atoms with E-state index >= 15 is 0 Å². The van der Waals surface area contributed by atoms with E-state index < -0.39 is 5.72 Å². The second kappa shape index (κ2) is 8.95. The Bertz CT molecular complexity index is 1230. The first kappa shape index (κ1) is 22.0. The lowest BCUT2D eigenvalue weighted by atomic mass is 9.92. The average molecular weight is 471 g/mol. The number of piperidine rings is 1. The number of nitrogens with zero attached hydrogens (tertiary/aromatic N) is 1. The quantitative estimate of drug-likeness (QED) is 0.597. The number of likely N-dealkylation sites (tertiary alicyclic amines) is 1. The fraction of sp³-hybridized carbons (Fsp3) is 0.310. The summed E-state index contributed by atoms with van der Waals surface area (Å²) in [5.74, 6) is 2.51. The zero-order chi connectivity index (χ0) is 23.8. The Morgan fingerprint density at radius 2 is 1.77 bits per heavy atom. The molecule has 1 fully saturated rings. The van der Waals surface area contributed by atoms with Gasteiger partial charge in [0.1, 0.15) is 12.3 Å². The molecule has 0 amide bonds. The summed E-state index contributed by atoms with van der Waals surface area (Å²) in [7, 11) is 3.42. The van der Waals surface area contributed by atoms with E-state index in [-0.39, 0.29) is 6.04 Å². The van der Waals surface area contributed by atoms with Gasteiger partial charge in [0.05, 0.1) is 51.9 Å². The molecule has 2 N–H and O–H groups in total. The van der Waals surface area contributed by atoms with E-state index in [1.54, 1.807) is 19.1 Å². The van der Waals surface area contributed by atoms with Crippen molar-refractivity contribution in [1.82, 2.24) is 10.4 Å². The number of hydrogen-bond donors (Lipinski definition) is 2. The highest BCUT2D eigenvalue weighted by Gasteiger charge is 2.53. The van der Waals surface area contributed by atoms with Gasteiger partial charge in [-0.15, -0.1) is 0 Å². The smallest absolute Gasteiger partial charge is 0.191 e. The van der Waals surface area contributed by atoms with Crippen LogP contribution in [0.2, 0.25) is 0 Å². The lowest BCUT2D eigenvalue weighted by molar-refractivity contribution is -0.921. The van der Waals surface area contributed by atoms with Gasteiger partial charge in [0.15, 0.2) is 17.2 Å². The molecule has 3 aromatic rings. The Balaban J connectivity index is 1.32. The molecule has 0 radical (unpaired) electrons. The maximum atomic E-state index is 6.89. The highest BCUT2D eigenvalue weighted by atomic mass is 16.5. The minimum Gasteiger partial charge on any atom is -0.497 e. The molecule has 3 aromatic carbocycles. The van der Waals surface area contributed by atoms with Crippen LogP contribution in [-0.4, -0.2) is 38.0 Å². The topological polar surface area (TPSA) is 47.4 Å². The van der Waals surface area contributed by atoms with Gasteiger partial charge >= 0.3 is 0 Å². The van der Waals surface area contributed by atoms with Crippen LogP contribution in [0.5, 0.6) is 17.2 Å². The van der Waals surface area contributed by atoms with Crippen LogP contribution < -0.4 is 24.5 Å². The summed E-state index contributed by atoms with van der Waals surface area (Å²) >= 11 is 0. The fourth-order valence-corrected chi connectivity index (χ4v) is 5.68. The van der Waals surface area contributed by atoms with Crippen molar-refractivity contribution in [3.8, 4) is 17.2 Å². The van der Waals surface area contributed by atoms with Gasteiger partial charge in [-0.25, -0.2) is 0 Å². The van der Waals surface area contributed by atoms with Crippen molar-refractivity contribution < 1.29 is 19.1 Å². The number of methoxy groups -OCH3 is 2. The van der Waals surface area contributed by atoms with Crippen molar-refractivity contribution >= 4 is 5.70 Å². The number of hydrogen-bond acceptors (Lipinski definition) is 5. The standard InChI is InChI=1S/C29H31N3O3/c1-33-23-11-6-10-22(18-23)25-19-26-24-12-7-13-27(34-2)28(24)35-29(32(26)30-25)14-16-31(17-15-29)20-21-8-4-3-5-9-21/h3-13,18-19,26,30H,14-17,20H2,1-2H3/p+1. The fourth-order valence-electron chi connectivity index (χ4n) is 5.68. The van der Waals surface area contributed by atoms with E-state index in [9.17, 15) is 0 Å². The molecular formula is C29H32N3O3+. The van der Waals surface area contributed by atoms with Crippen molar-refractivity contribution in [2.75, 3.05) is 27.3 Å². The number of fused-ring (bicyclic) bond motifs is 4. The Morgan fingerprint density at radius 3 is 2.54 bits per heavy atom. The van der Waals surface area contributed by atoms with Crippen molar-refractivity contribution in [3.05, 3.63) is 95.6 Å². The number of para-hydroxylation sites is 1. The van der Waals surface area contributed by atoms with E-state index in [1.807, 2.05) is 24.3 Å². The molecule has 35 heavy (non-hydrogen) atoms. The third-order valence-corrected chi connectivity index (χ3v) is 7.54. The first-order valence-corrected chi connectivity index (χ1v) is 12.3. The van der Waals surface area contributed by atoms with E-state index in [0.717, 1.165) is 66.5 Å². The Morgan fingerprint density at radius 1 is 0.971 bits per heavy atom. The molecule has 0 aliphatic carbocycles. The van der Waals surface area contributed by atoms with Gasteiger partial charge in [0, 0.05) is 16.7 Å². The van der Waals surface area contributed by atoms with Gasteiger partial charge in [-0.05, 0) is 24.3 Å². The van der Waals surface area contributed by atoms with E-state index in [1.165, 1.54) is 5.56 Å². The Hall–Kier alpha value is -3.48. The lowest BCUT2D eigenvalue weighted by Crippen LogP contribution is -3.12. The van der Waals surface area contributed by atoms with Crippen LogP contribution in [0.1, 0.15) is 35.6 Å². The van der Waals surface area contributed by atoms with Gasteiger partial charge in [-0.1, -0.05) is 54.6 Å². The van der Waals surface area contributed by atoms with Gasteiger partial charge in [0.25, 0.3) is 0 Å². The number of ether oxygens (including phenoxy) is 3. The molecule has 6 nitrogen and oxygen atoms in total. The third-order valence-electron chi connectivity index (χ3n) is 7.54. The van der Waals surface area contributed by atoms with Crippen LogP contribution in [0.15, 0.2) is 78.9 Å². The molecule has 0 bridgehead atoms. The van der Waals surface area contributed by atoms with Crippen molar-refractivity contribution in [2.45, 2.75) is 31.2 Å². The minimum absolute atomic E-state index is 0.0609. The van der Waals surface area contributed by atoms with Crippen LogP contribution in [0, 0.1) is 0 Å². The SMILES string of the molecule is COc1cccc(C2=CC3c4cccc(OC)c4OC4(CC[NH+](Cc5ccccc5)CC4)N3N2)c1. The largest absolute Gasteiger partial charge is 0.497 e. The average Bonchev–Trinajstić information content (AvgIpc) is 3.38. The maximum Gasteiger partial charge on any atom is 0.191 e. The van der Waals surface area contributed by atoms with E-state index in [0.29, 0.717) is 0 Å². The Labute approximate surface area is 206 Å². The summed E-state index contributed by atoms with van der Waals surface area (Å²) in [6.45, 7) is 3.12. The minimum atomic E-state index is -0.441. The number of benzene rings is 3. The van der Waals surface area contributed by atoms with Crippen LogP contribution in [0.3, 0.4) is 0 Å². The Kier molecular flexibility index (Phi) is 5.63. The zero-order valence-electron chi connectivity index (χ0n) is 20.3. The number of rotatable bonds is 5. The molecule has 6 heteroatoms. The van der Waals surface area contributed by atoms with Gasteiger partial charge in [-0.2, -0.15) is 5.01 Å². The summed E-state index contributed by atoms with van der Waals surface area (Å²) in [6, 6.07) is 25.2. The summed E-state index contributed by atoms with van der Waals surface area (Å²) in [5, 5.41) is 2.34. The van der Waals surface area contributed by atoms with Crippen molar-refractivity contribution in [3.63, 3.8) is 0 Å². The van der Waals surface area contributed by atoms with Crippen LogP contribution in [-0.2, 0) is 6.54 Å². The predicted octanol–water partition coefficient (Wildman–Crippen LogP) is 3.57. The normalized spacial score (nSPS) is 25.1. The predicted molar refractivity (Wildman–Crippen MR) is 135 cm³/mol. The lowest BCUT2D eigenvalue weighted by Gasteiger charge is -2.50. The number of nitrogens with one attached hydrogen (secondary N) is 2. The third kappa shape index (κ3) is 3.93. The molecule has 180 valence electrons. The molecular weight excluding hydrogens is 438 g/mol. The van der Waals surface area contributed by atoms with Crippen LogP contribution >= 0.6 is 0 Å². The maximum absolute atomic E-state index is 6.89.